The highest BCUT2D eigenvalue weighted by Gasteiger charge is 2.16. The predicted molar refractivity (Wildman–Crippen MR) is 87.0 cm³/mol. The van der Waals surface area contributed by atoms with Gasteiger partial charge >= 0.3 is 5.69 Å². The number of amides is 1. The van der Waals surface area contributed by atoms with E-state index in [0.717, 1.165) is 5.56 Å². The van der Waals surface area contributed by atoms with Gasteiger partial charge in [0.15, 0.2) is 0 Å². The van der Waals surface area contributed by atoms with Gasteiger partial charge in [-0.1, -0.05) is 23.8 Å². The Morgan fingerprint density at radius 1 is 1.22 bits per heavy atom. The third-order valence-corrected chi connectivity index (χ3v) is 2.95. The molecule has 0 saturated carbocycles. The van der Waals surface area contributed by atoms with E-state index in [1.807, 2.05) is 19.1 Å². The first-order chi connectivity index (χ1) is 10.7. The van der Waals surface area contributed by atoms with E-state index in [9.17, 15) is 20.0 Å². The van der Waals surface area contributed by atoms with Crippen LogP contribution in [-0.2, 0) is 0 Å². The van der Waals surface area contributed by atoms with Gasteiger partial charge < -0.3 is 16.2 Å². The lowest BCUT2D eigenvalue weighted by Gasteiger charge is -2.01. The van der Waals surface area contributed by atoms with Crippen molar-refractivity contribution in [3.05, 3.63) is 69.3 Å². The summed E-state index contributed by atoms with van der Waals surface area (Å²) in [6, 6.07) is 11.3. The summed E-state index contributed by atoms with van der Waals surface area (Å²) >= 11 is 0. The molecule has 0 spiro atoms. The van der Waals surface area contributed by atoms with Crippen molar-refractivity contribution in [2.24, 2.45) is 5.73 Å². The van der Waals surface area contributed by atoms with Crippen LogP contribution in [0.2, 0.25) is 0 Å². The number of primary amides is 1. The second-order valence-corrected chi connectivity index (χ2v) is 4.79. The van der Waals surface area contributed by atoms with Crippen LogP contribution in [0.3, 0.4) is 0 Å². The molecule has 0 aliphatic rings. The molecule has 4 N–H and O–H groups in total. The van der Waals surface area contributed by atoms with E-state index in [4.69, 9.17) is 11.1 Å². The molecule has 0 aromatic heterocycles. The van der Waals surface area contributed by atoms with Crippen LogP contribution < -0.4 is 5.73 Å². The van der Waals surface area contributed by atoms with Gasteiger partial charge in [-0.15, -0.1) is 0 Å². The van der Waals surface area contributed by atoms with Crippen molar-refractivity contribution in [2.75, 3.05) is 0 Å². The van der Waals surface area contributed by atoms with Crippen LogP contribution in [0, 0.1) is 22.4 Å². The minimum absolute atomic E-state index is 0.0983. The fourth-order valence-corrected chi connectivity index (χ4v) is 1.70. The summed E-state index contributed by atoms with van der Waals surface area (Å²) < 4.78 is 0. The molecule has 120 valence electrons. The van der Waals surface area contributed by atoms with Gasteiger partial charge in [-0.25, -0.2) is 0 Å². The van der Waals surface area contributed by atoms with Crippen molar-refractivity contribution in [3.8, 4) is 5.75 Å². The number of nitrogens with zero attached hydrogens (tertiary/aromatic N) is 1. The molecule has 0 fully saturated rings. The van der Waals surface area contributed by atoms with Gasteiger partial charge in [0, 0.05) is 22.9 Å². The highest BCUT2D eigenvalue weighted by Crippen LogP contribution is 2.29. The first-order valence-corrected chi connectivity index (χ1v) is 6.62. The number of nitrogens with one attached hydrogen (secondary N) is 1. The van der Waals surface area contributed by atoms with E-state index in [-0.39, 0.29) is 22.9 Å². The lowest BCUT2D eigenvalue weighted by molar-refractivity contribution is -0.385. The minimum Gasteiger partial charge on any atom is -0.502 e. The lowest BCUT2D eigenvalue weighted by Crippen LogP contribution is -2.10. The van der Waals surface area contributed by atoms with Crippen LogP contribution in [-0.4, -0.2) is 21.6 Å². The Kier molecular flexibility index (Phi) is 5.96. The molecule has 0 radical (unpaired) electrons. The molecule has 0 saturated heterocycles. The minimum atomic E-state index is -0.679. The quantitative estimate of drug-likeness (QED) is 0.456. The van der Waals surface area contributed by atoms with E-state index in [0.29, 0.717) is 5.56 Å². The number of aromatic hydroxyl groups is 1. The van der Waals surface area contributed by atoms with Crippen molar-refractivity contribution in [2.45, 2.75) is 13.8 Å². The Hall–Kier alpha value is -3.22. The zero-order chi connectivity index (χ0) is 17.6. The van der Waals surface area contributed by atoms with Crippen molar-refractivity contribution in [1.29, 1.82) is 5.41 Å². The number of hydrogen-bond acceptors (Lipinski definition) is 5. The molecular formula is C16H17N3O4. The third kappa shape index (κ3) is 4.92. The SMILES string of the molecule is CC(=N)c1cccc([N+](=O)[O-])c1O.Cc1ccc(C(N)=O)cc1. The van der Waals surface area contributed by atoms with Gasteiger partial charge in [0.1, 0.15) is 0 Å². The molecule has 2 aromatic carbocycles. The van der Waals surface area contributed by atoms with Crippen molar-refractivity contribution < 1.29 is 14.8 Å². The number of rotatable bonds is 3. The third-order valence-electron chi connectivity index (χ3n) is 2.95. The number of nitro benzene ring substituents is 1. The first kappa shape index (κ1) is 17.8. The fraction of sp³-hybridized carbons (Fsp3) is 0.125. The van der Waals surface area contributed by atoms with Gasteiger partial charge in [-0.05, 0) is 32.0 Å². The Labute approximate surface area is 133 Å². The predicted octanol–water partition coefficient (Wildman–Crippen LogP) is 2.78. The maximum absolute atomic E-state index is 10.5. The average Bonchev–Trinajstić information content (AvgIpc) is 2.48. The molecule has 2 rings (SSSR count). The molecular weight excluding hydrogens is 298 g/mol. The summed E-state index contributed by atoms with van der Waals surface area (Å²) in [5.74, 6) is -0.819. The summed E-state index contributed by atoms with van der Waals surface area (Å²) in [7, 11) is 0. The summed E-state index contributed by atoms with van der Waals surface area (Å²) in [6.45, 7) is 3.42. The van der Waals surface area contributed by atoms with Crippen molar-refractivity contribution >= 4 is 17.3 Å². The second kappa shape index (κ2) is 7.69. The van der Waals surface area contributed by atoms with Crippen molar-refractivity contribution in [1.82, 2.24) is 0 Å². The lowest BCUT2D eigenvalue weighted by atomic mass is 10.1. The molecule has 2 aromatic rings. The normalized spacial score (nSPS) is 9.48. The average molecular weight is 315 g/mol. The number of benzene rings is 2. The Morgan fingerprint density at radius 2 is 1.78 bits per heavy atom. The number of aryl methyl sites for hydroxylation is 1. The van der Waals surface area contributed by atoms with Gasteiger partial charge in [0.2, 0.25) is 11.7 Å². The topological polar surface area (TPSA) is 130 Å². The standard InChI is InChI=1S/C8H8N2O3.C8H9NO/c1-5(9)6-3-2-4-7(8(6)11)10(12)13;1-6-2-4-7(5-3-6)8(9)10/h2-4,9,11H,1H3;2-5H,1H3,(H2,9,10). The van der Waals surface area contributed by atoms with Crippen LogP contribution in [0.15, 0.2) is 42.5 Å². The molecule has 0 unspecified atom stereocenters. The Balaban J connectivity index is 0.000000238. The molecule has 1 amide bonds. The zero-order valence-corrected chi connectivity index (χ0v) is 12.7. The molecule has 0 atom stereocenters. The number of nitrogens with two attached hydrogens (primary N) is 1. The van der Waals surface area contributed by atoms with Gasteiger partial charge in [-0.3, -0.25) is 14.9 Å². The number of phenolic OH excluding ortho intramolecular Hbond substituents is 1. The molecule has 0 aliphatic heterocycles. The summed E-state index contributed by atoms with van der Waals surface area (Å²) in [5, 5.41) is 27.0. The van der Waals surface area contributed by atoms with E-state index >= 15 is 0 Å². The maximum atomic E-state index is 10.5. The molecule has 7 heteroatoms. The highest BCUT2D eigenvalue weighted by molar-refractivity contribution is 5.99. The van der Waals surface area contributed by atoms with E-state index in [1.54, 1.807) is 12.1 Å². The summed E-state index contributed by atoms with van der Waals surface area (Å²) in [6.07, 6.45) is 0. The van der Waals surface area contributed by atoms with Crippen molar-refractivity contribution in [3.63, 3.8) is 0 Å². The van der Waals surface area contributed by atoms with E-state index in [1.165, 1.54) is 25.1 Å². The van der Waals surface area contributed by atoms with Crippen LogP contribution in [0.4, 0.5) is 5.69 Å². The monoisotopic (exact) mass is 315 g/mol. The fourth-order valence-electron chi connectivity index (χ4n) is 1.70. The molecule has 7 nitrogen and oxygen atoms in total. The second-order valence-electron chi connectivity index (χ2n) is 4.79. The zero-order valence-electron chi connectivity index (χ0n) is 12.7. The van der Waals surface area contributed by atoms with Gasteiger partial charge in [0.25, 0.3) is 0 Å². The molecule has 23 heavy (non-hydrogen) atoms. The highest BCUT2D eigenvalue weighted by atomic mass is 16.6. The Bertz CT molecular complexity index is 707. The molecule has 0 bridgehead atoms. The molecule has 0 aliphatic carbocycles. The van der Waals surface area contributed by atoms with Gasteiger partial charge in [-0.2, -0.15) is 0 Å². The number of phenols is 1. The van der Waals surface area contributed by atoms with Crippen LogP contribution >= 0.6 is 0 Å². The summed E-state index contributed by atoms with van der Waals surface area (Å²) in [5.41, 5.74) is 6.63. The Morgan fingerprint density at radius 3 is 2.22 bits per heavy atom. The van der Waals surface area contributed by atoms with Crippen LogP contribution in [0.1, 0.15) is 28.4 Å². The number of para-hydroxylation sites is 1. The largest absolute Gasteiger partial charge is 0.502 e. The number of hydrogen-bond donors (Lipinski definition) is 3. The van der Waals surface area contributed by atoms with E-state index < -0.39 is 10.7 Å². The number of carbonyl (C=O) groups is 1. The maximum Gasteiger partial charge on any atom is 0.311 e. The van der Waals surface area contributed by atoms with Crippen LogP contribution in [0.5, 0.6) is 5.75 Å². The summed E-state index contributed by atoms with van der Waals surface area (Å²) in [4.78, 5) is 20.2. The van der Waals surface area contributed by atoms with Gasteiger partial charge in [0.05, 0.1) is 4.92 Å². The number of nitro groups is 1. The molecule has 0 heterocycles. The van der Waals surface area contributed by atoms with Crippen LogP contribution in [0.25, 0.3) is 0 Å². The van der Waals surface area contributed by atoms with E-state index in [2.05, 4.69) is 0 Å². The first-order valence-electron chi connectivity index (χ1n) is 6.62. The smallest absolute Gasteiger partial charge is 0.311 e. The number of carbonyl (C=O) groups excluding carboxylic acids is 1.